The molecule has 1 aromatic heterocycles. The molecule has 2 aliphatic rings. The van der Waals surface area contributed by atoms with E-state index in [0.29, 0.717) is 30.0 Å². The highest BCUT2D eigenvalue weighted by atomic mass is 32.1. The molecule has 0 bridgehead atoms. The Morgan fingerprint density at radius 2 is 1.73 bits per heavy atom. The molecule has 1 amide bonds. The van der Waals surface area contributed by atoms with Gasteiger partial charge in [-0.3, -0.25) is 10.1 Å². The van der Waals surface area contributed by atoms with Gasteiger partial charge in [0.05, 0.1) is 11.3 Å². The third-order valence-electron chi connectivity index (χ3n) is 6.49. The Morgan fingerprint density at radius 1 is 1.06 bits per heavy atom. The van der Waals surface area contributed by atoms with Crippen LogP contribution >= 0.6 is 11.3 Å². The molecule has 5 nitrogen and oxygen atoms in total. The second kappa shape index (κ2) is 9.25. The van der Waals surface area contributed by atoms with Gasteiger partial charge in [0.15, 0.2) is 5.13 Å². The van der Waals surface area contributed by atoms with Crippen molar-refractivity contribution < 1.29 is 18.0 Å². The number of alkyl halides is 3. The molecule has 0 radical (unpaired) electrons. The number of anilines is 2. The maximum absolute atomic E-state index is 13.6. The Morgan fingerprint density at radius 3 is 2.30 bits per heavy atom. The van der Waals surface area contributed by atoms with E-state index in [4.69, 9.17) is 0 Å². The summed E-state index contributed by atoms with van der Waals surface area (Å²) in [6.07, 6.45) is -0.232. The number of aromatic nitrogens is 1. The normalized spacial score (nSPS) is 18.7. The van der Waals surface area contributed by atoms with Crippen LogP contribution in [0.25, 0.3) is 0 Å². The Labute approximate surface area is 197 Å². The summed E-state index contributed by atoms with van der Waals surface area (Å²) in [5, 5.41) is 4.92. The van der Waals surface area contributed by atoms with Crippen molar-refractivity contribution in [3.8, 4) is 0 Å². The van der Waals surface area contributed by atoms with E-state index in [1.807, 2.05) is 31.1 Å². The number of thiazole rings is 1. The van der Waals surface area contributed by atoms with Crippen LogP contribution in [0.1, 0.15) is 68.1 Å². The van der Waals surface area contributed by atoms with Crippen molar-refractivity contribution in [2.24, 2.45) is 0 Å². The molecule has 0 spiro atoms. The number of carbonyl (C=O) groups excluding carboxylic acids is 1. The number of rotatable bonds is 4. The molecule has 1 N–H and O–H groups in total. The molecule has 2 aliphatic heterocycles. The van der Waals surface area contributed by atoms with Gasteiger partial charge in [0.2, 0.25) is 0 Å². The van der Waals surface area contributed by atoms with E-state index in [1.54, 1.807) is 6.07 Å². The lowest BCUT2D eigenvalue weighted by Crippen LogP contribution is -2.44. The minimum Gasteiger partial charge on any atom is -0.371 e. The van der Waals surface area contributed by atoms with E-state index >= 15 is 0 Å². The van der Waals surface area contributed by atoms with Crippen LogP contribution in [0.2, 0.25) is 0 Å². The summed E-state index contributed by atoms with van der Waals surface area (Å²) in [5.74, 6) is -0.580. The second-order valence-corrected chi connectivity index (χ2v) is 10.8. The number of benzene rings is 1. The summed E-state index contributed by atoms with van der Waals surface area (Å²) >= 11 is 1.27. The number of likely N-dealkylation sites (tertiary alicyclic amines) is 1. The van der Waals surface area contributed by atoms with Crippen LogP contribution in [-0.4, -0.2) is 48.0 Å². The van der Waals surface area contributed by atoms with Crippen molar-refractivity contribution in [2.75, 3.05) is 36.4 Å². The number of carbonyl (C=O) groups is 1. The first kappa shape index (κ1) is 24.0. The number of hydrogen-bond donors (Lipinski definition) is 1. The molecule has 0 unspecified atom stereocenters. The predicted molar refractivity (Wildman–Crippen MR) is 126 cm³/mol. The molecule has 180 valence electrons. The molecule has 9 heteroatoms. The van der Waals surface area contributed by atoms with Crippen LogP contribution in [0.5, 0.6) is 0 Å². The number of halogens is 3. The van der Waals surface area contributed by atoms with Gasteiger partial charge in [0, 0.05) is 41.2 Å². The monoisotopic (exact) mass is 480 g/mol. The van der Waals surface area contributed by atoms with E-state index in [9.17, 15) is 18.0 Å². The van der Waals surface area contributed by atoms with Crippen LogP contribution in [0, 0.1) is 0 Å². The lowest BCUT2D eigenvalue weighted by molar-refractivity contribution is -0.137. The molecule has 33 heavy (non-hydrogen) atoms. The van der Waals surface area contributed by atoms with Crippen molar-refractivity contribution in [1.29, 1.82) is 0 Å². The minimum absolute atomic E-state index is 0.00556. The summed E-state index contributed by atoms with van der Waals surface area (Å²) in [7, 11) is 0. The molecular formula is C24H31F3N4OS. The molecule has 0 saturated carbocycles. The zero-order valence-corrected chi connectivity index (χ0v) is 20.2. The smallest absolute Gasteiger partial charge is 0.371 e. The summed E-state index contributed by atoms with van der Waals surface area (Å²) in [6, 6.07) is 4.15. The van der Waals surface area contributed by atoms with Crippen molar-refractivity contribution in [1.82, 2.24) is 9.88 Å². The van der Waals surface area contributed by atoms with Crippen LogP contribution in [0.15, 0.2) is 23.6 Å². The average molecular weight is 481 g/mol. The maximum atomic E-state index is 13.6. The van der Waals surface area contributed by atoms with Gasteiger partial charge in [-0.25, -0.2) is 4.98 Å². The van der Waals surface area contributed by atoms with Gasteiger partial charge >= 0.3 is 6.18 Å². The summed E-state index contributed by atoms with van der Waals surface area (Å²) in [5.41, 5.74) is 0.289. The van der Waals surface area contributed by atoms with Crippen LogP contribution in [0.3, 0.4) is 0 Å². The standard InChI is InChI=1S/C24H31F3N4OS/c1-23(2,3)20-15-33-22(28-20)29-21(32)16-12-17(24(25,26)27)14-19(13-16)31-10-6-18(7-11-31)30-8-4-5-9-30/h12-15,18H,4-11H2,1-3H3,(H,28,29,32). The zero-order valence-electron chi connectivity index (χ0n) is 19.3. The number of nitrogens with one attached hydrogen (secondary N) is 1. The molecule has 2 fully saturated rings. The fourth-order valence-corrected chi connectivity index (χ4v) is 5.46. The van der Waals surface area contributed by atoms with Gasteiger partial charge in [0.25, 0.3) is 5.91 Å². The quantitative estimate of drug-likeness (QED) is 0.603. The first-order valence-corrected chi connectivity index (χ1v) is 12.4. The highest BCUT2D eigenvalue weighted by molar-refractivity contribution is 7.14. The van der Waals surface area contributed by atoms with Gasteiger partial charge in [-0.15, -0.1) is 11.3 Å². The largest absolute Gasteiger partial charge is 0.416 e. The molecule has 4 rings (SSSR count). The SMILES string of the molecule is CC(C)(C)c1csc(NC(=O)c2cc(N3CCC(N4CCCC4)CC3)cc(C(F)(F)F)c2)n1. The van der Waals surface area contributed by atoms with E-state index in [1.165, 1.54) is 24.2 Å². The van der Waals surface area contributed by atoms with Crippen LogP contribution in [-0.2, 0) is 11.6 Å². The van der Waals surface area contributed by atoms with E-state index in [2.05, 4.69) is 15.2 Å². The average Bonchev–Trinajstić information content (AvgIpc) is 3.45. The molecule has 0 aliphatic carbocycles. The number of hydrogen-bond acceptors (Lipinski definition) is 5. The van der Waals surface area contributed by atoms with Gasteiger partial charge in [-0.05, 0) is 57.0 Å². The Balaban J connectivity index is 1.52. The Kier molecular flexibility index (Phi) is 6.73. The van der Waals surface area contributed by atoms with Crippen LogP contribution < -0.4 is 10.2 Å². The summed E-state index contributed by atoms with van der Waals surface area (Å²) in [6.45, 7) is 9.65. The number of nitrogens with zero attached hydrogens (tertiary/aromatic N) is 3. The topological polar surface area (TPSA) is 48.5 Å². The van der Waals surface area contributed by atoms with Crippen molar-refractivity contribution in [2.45, 2.75) is 64.1 Å². The zero-order chi connectivity index (χ0) is 23.8. The minimum atomic E-state index is -4.53. The Hall–Kier alpha value is -2.13. The molecular weight excluding hydrogens is 449 g/mol. The molecule has 0 atom stereocenters. The molecule has 3 heterocycles. The Bertz CT molecular complexity index is 984. The first-order valence-electron chi connectivity index (χ1n) is 11.5. The molecule has 2 saturated heterocycles. The first-order chi connectivity index (χ1) is 15.5. The van der Waals surface area contributed by atoms with Crippen molar-refractivity contribution >= 4 is 28.1 Å². The predicted octanol–water partition coefficient (Wildman–Crippen LogP) is 5.78. The lowest BCUT2D eigenvalue weighted by Gasteiger charge is -2.38. The highest BCUT2D eigenvalue weighted by Gasteiger charge is 2.33. The third-order valence-corrected chi connectivity index (χ3v) is 7.24. The van der Waals surface area contributed by atoms with Gasteiger partial charge in [-0.2, -0.15) is 13.2 Å². The lowest BCUT2D eigenvalue weighted by atomic mass is 9.93. The molecule has 2 aromatic rings. The van der Waals surface area contributed by atoms with Gasteiger partial charge in [-0.1, -0.05) is 20.8 Å². The summed E-state index contributed by atoms with van der Waals surface area (Å²) < 4.78 is 40.9. The fraction of sp³-hybridized carbons (Fsp3) is 0.583. The third kappa shape index (κ3) is 5.69. The molecule has 1 aromatic carbocycles. The highest BCUT2D eigenvalue weighted by Crippen LogP contribution is 2.35. The van der Waals surface area contributed by atoms with E-state index in [-0.39, 0.29) is 11.0 Å². The maximum Gasteiger partial charge on any atom is 0.416 e. The van der Waals surface area contributed by atoms with Gasteiger partial charge < -0.3 is 9.80 Å². The van der Waals surface area contributed by atoms with Crippen molar-refractivity contribution in [3.05, 3.63) is 40.4 Å². The fourth-order valence-electron chi connectivity index (χ4n) is 4.53. The number of piperidine rings is 1. The van der Waals surface area contributed by atoms with E-state index in [0.717, 1.165) is 43.8 Å². The van der Waals surface area contributed by atoms with Crippen LogP contribution in [0.4, 0.5) is 24.0 Å². The summed E-state index contributed by atoms with van der Waals surface area (Å²) in [4.78, 5) is 21.8. The van der Waals surface area contributed by atoms with Crippen molar-refractivity contribution in [3.63, 3.8) is 0 Å². The van der Waals surface area contributed by atoms with E-state index < -0.39 is 17.6 Å². The van der Waals surface area contributed by atoms with Gasteiger partial charge in [0.1, 0.15) is 0 Å². The number of amides is 1. The second-order valence-electron chi connectivity index (χ2n) is 9.97.